The summed E-state index contributed by atoms with van der Waals surface area (Å²) in [5.74, 6) is 0. The Labute approximate surface area is 73.1 Å². The number of nitrogens with zero attached hydrogens (tertiary/aromatic N) is 1. The summed E-state index contributed by atoms with van der Waals surface area (Å²) >= 11 is 0. The second-order valence-corrected chi connectivity index (χ2v) is 2.32. The van der Waals surface area contributed by atoms with Crippen LogP contribution in [0.4, 0.5) is 4.79 Å². The maximum atomic E-state index is 10.0. The Balaban J connectivity index is 0. The van der Waals surface area contributed by atoms with Crippen molar-refractivity contribution in [3.05, 3.63) is 0 Å². The highest BCUT2D eigenvalue weighted by molar-refractivity contribution is 5.85. The van der Waals surface area contributed by atoms with Gasteiger partial charge in [0, 0.05) is 6.54 Å². The molecule has 0 aliphatic heterocycles. The van der Waals surface area contributed by atoms with E-state index in [4.69, 9.17) is 5.73 Å². The fourth-order valence-electron chi connectivity index (χ4n) is 0.554. The number of amides is 1. The van der Waals surface area contributed by atoms with Crippen molar-refractivity contribution < 1.29 is 9.53 Å². The summed E-state index contributed by atoms with van der Waals surface area (Å²) in [5.41, 5.74) is 4.73. The van der Waals surface area contributed by atoms with Gasteiger partial charge in [-0.1, -0.05) is 0 Å². The van der Waals surface area contributed by atoms with E-state index in [0.717, 1.165) is 13.0 Å². The number of ether oxygens (including phenoxy) is 1. The molecule has 0 saturated carbocycles. The number of carbonyl (C=O) groups excluding carboxylic acids is 1. The average Bonchev–Trinajstić information content (AvgIpc) is 1.79. The van der Waals surface area contributed by atoms with Gasteiger partial charge >= 0.3 is 6.09 Å². The minimum absolute atomic E-state index is 0. The molecule has 1 amide bonds. The lowest BCUT2D eigenvalue weighted by Crippen LogP contribution is -2.18. The second-order valence-electron chi connectivity index (χ2n) is 2.32. The normalized spacial score (nSPS) is 9.00. The molecule has 5 heteroatoms. The van der Waals surface area contributed by atoms with Gasteiger partial charge in [-0.2, -0.15) is 0 Å². The summed E-state index contributed by atoms with van der Waals surface area (Å²) < 4.78 is 4.50. The summed E-state index contributed by atoms with van der Waals surface area (Å²) in [4.78, 5) is 12.0. The summed E-state index contributed by atoms with van der Waals surface area (Å²) in [7, 11) is 3.93. The van der Waals surface area contributed by atoms with Gasteiger partial charge in [-0.25, -0.2) is 4.79 Å². The zero-order valence-electron chi connectivity index (χ0n) is 6.87. The Morgan fingerprint density at radius 1 is 1.55 bits per heavy atom. The molecule has 0 atom stereocenters. The van der Waals surface area contributed by atoms with Crippen LogP contribution in [0.3, 0.4) is 0 Å². The van der Waals surface area contributed by atoms with Crippen molar-refractivity contribution in [1.29, 1.82) is 0 Å². The van der Waals surface area contributed by atoms with Gasteiger partial charge < -0.3 is 15.4 Å². The van der Waals surface area contributed by atoms with Crippen LogP contribution in [0.2, 0.25) is 0 Å². The number of carbonyl (C=O) groups is 1. The van der Waals surface area contributed by atoms with E-state index >= 15 is 0 Å². The molecule has 0 aromatic carbocycles. The molecule has 0 bridgehead atoms. The number of rotatable bonds is 4. The third-order valence-corrected chi connectivity index (χ3v) is 0.994. The van der Waals surface area contributed by atoms with E-state index in [0.29, 0.717) is 6.61 Å². The third kappa shape index (κ3) is 12.7. The second kappa shape index (κ2) is 7.63. The van der Waals surface area contributed by atoms with Crippen molar-refractivity contribution in [2.75, 3.05) is 27.2 Å². The molecule has 68 valence electrons. The van der Waals surface area contributed by atoms with Crippen molar-refractivity contribution in [3.8, 4) is 0 Å². The van der Waals surface area contributed by atoms with Crippen LogP contribution in [0.25, 0.3) is 0 Å². The molecule has 2 N–H and O–H groups in total. The number of hydrogen-bond acceptors (Lipinski definition) is 3. The molecule has 0 heterocycles. The van der Waals surface area contributed by atoms with E-state index in [-0.39, 0.29) is 12.4 Å². The Morgan fingerprint density at radius 3 is 2.45 bits per heavy atom. The Hall–Kier alpha value is -0.480. The van der Waals surface area contributed by atoms with Crippen LogP contribution in [0.1, 0.15) is 6.42 Å². The molecule has 0 radical (unpaired) electrons. The third-order valence-electron chi connectivity index (χ3n) is 0.994. The predicted molar refractivity (Wildman–Crippen MR) is 46.0 cm³/mol. The van der Waals surface area contributed by atoms with E-state index in [1.54, 1.807) is 0 Å². The predicted octanol–water partition coefficient (Wildman–Crippen LogP) is 0.455. The smallest absolute Gasteiger partial charge is 0.404 e. The molecule has 0 aliphatic carbocycles. The molecule has 0 unspecified atom stereocenters. The lowest BCUT2D eigenvalue weighted by molar-refractivity contribution is 0.152. The number of hydrogen-bond donors (Lipinski definition) is 1. The van der Waals surface area contributed by atoms with Crippen LogP contribution in [0.5, 0.6) is 0 Å². The van der Waals surface area contributed by atoms with E-state index < -0.39 is 6.09 Å². The molecule has 11 heavy (non-hydrogen) atoms. The molecule has 0 spiro atoms. The van der Waals surface area contributed by atoms with Gasteiger partial charge in [0.1, 0.15) is 0 Å². The van der Waals surface area contributed by atoms with Crippen LogP contribution in [0.15, 0.2) is 0 Å². The van der Waals surface area contributed by atoms with Crippen molar-refractivity contribution in [1.82, 2.24) is 4.90 Å². The van der Waals surface area contributed by atoms with Gasteiger partial charge in [-0.15, -0.1) is 12.4 Å². The maximum absolute atomic E-state index is 10.0. The fraction of sp³-hybridized carbons (Fsp3) is 0.833. The van der Waals surface area contributed by atoms with E-state index in [1.807, 2.05) is 19.0 Å². The summed E-state index contributed by atoms with van der Waals surface area (Å²) in [6, 6.07) is 0. The summed E-state index contributed by atoms with van der Waals surface area (Å²) in [5, 5.41) is 0. The van der Waals surface area contributed by atoms with Crippen LogP contribution in [-0.2, 0) is 4.74 Å². The van der Waals surface area contributed by atoms with Crippen molar-refractivity contribution in [2.24, 2.45) is 5.73 Å². The quantitative estimate of drug-likeness (QED) is 0.643. The average molecular weight is 183 g/mol. The highest BCUT2D eigenvalue weighted by Crippen LogP contribution is 1.84. The zero-order valence-corrected chi connectivity index (χ0v) is 7.69. The molecule has 0 aliphatic rings. The van der Waals surface area contributed by atoms with Gasteiger partial charge in [-0.05, 0) is 20.5 Å². The van der Waals surface area contributed by atoms with Crippen LogP contribution in [0, 0.1) is 0 Å². The topological polar surface area (TPSA) is 55.6 Å². The Morgan fingerprint density at radius 2 is 2.09 bits per heavy atom. The fourth-order valence-corrected chi connectivity index (χ4v) is 0.554. The van der Waals surface area contributed by atoms with E-state index in [9.17, 15) is 4.79 Å². The zero-order chi connectivity index (χ0) is 7.98. The molecule has 0 aromatic heterocycles. The molecule has 0 fully saturated rings. The molecule has 0 rings (SSSR count). The molecular formula is C6H15ClN2O2. The summed E-state index contributed by atoms with van der Waals surface area (Å²) in [6.45, 7) is 1.32. The minimum Gasteiger partial charge on any atom is -0.450 e. The van der Waals surface area contributed by atoms with Gasteiger partial charge in [0.15, 0.2) is 0 Å². The van der Waals surface area contributed by atoms with Crippen molar-refractivity contribution in [3.63, 3.8) is 0 Å². The van der Waals surface area contributed by atoms with Gasteiger partial charge in [0.05, 0.1) is 6.61 Å². The number of nitrogens with two attached hydrogens (primary N) is 1. The number of halogens is 1. The molecule has 4 nitrogen and oxygen atoms in total. The van der Waals surface area contributed by atoms with E-state index in [1.165, 1.54) is 0 Å². The first-order valence-electron chi connectivity index (χ1n) is 3.20. The number of primary amides is 1. The highest BCUT2D eigenvalue weighted by Gasteiger charge is 1.93. The SMILES string of the molecule is CN(C)CCCOC(N)=O.Cl. The van der Waals surface area contributed by atoms with Crippen LogP contribution < -0.4 is 5.73 Å². The molecule has 0 aromatic rings. The van der Waals surface area contributed by atoms with Gasteiger partial charge in [0.2, 0.25) is 0 Å². The van der Waals surface area contributed by atoms with Gasteiger partial charge in [0.25, 0.3) is 0 Å². The van der Waals surface area contributed by atoms with Crippen LogP contribution in [-0.4, -0.2) is 38.2 Å². The first-order chi connectivity index (χ1) is 4.63. The molecular weight excluding hydrogens is 168 g/mol. The lowest BCUT2D eigenvalue weighted by atomic mass is 10.4. The largest absolute Gasteiger partial charge is 0.450 e. The Bertz CT molecular complexity index is 109. The monoisotopic (exact) mass is 182 g/mol. The standard InChI is InChI=1S/C6H14N2O2.ClH/c1-8(2)4-3-5-10-6(7)9;/h3-5H2,1-2H3,(H2,7,9);1H. The maximum Gasteiger partial charge on any atom is 0.404 e. The van der Waals surface area contributed by atoms with Crippen molar-refractivity contribution in [2.45, 2.75) is 6.42 Å². The first-order valence-corrected chi connectivity index (χ1v) is 3.20. The lowest BCUT2D eigenvalue weighted by Gasteiger charge is -2.07. The van der Waals surface area contributed by atoms with Crippen molar-refractivity contribution >= 4 is 18.5 Å². The van der Waals surface area contributed by atoms with Gasteiger partial charge in [-0.3, -0.25) is 0 Å². The molecule has 0 saturated heterocycles. The van der Waals surface area contributed by atoms with E-state index in [2.05, 4.69) is 4.74 Å². The Kier molecular flexibility index (Phi) is 9.10. The first kappa shape index (κ1) is 13.1. The van der Waals surface area contributed by atoms with Crippen LogP contribution >= 0.6 is 12.4 Å². The highest BCUT2D eigenvalue weighted by atomic mass is 35.5. The summed E-state index contributed by atoms with van der Waals surface area (Å²) in [6.07, 6.45) is 0.134. The minimum atomic E-state index is -0.696.